The van der Waals surface area contributed by atoms with E-state index >= 15 is 0 Å². The number of benzene rings is 2. The molecule has 0 bridgehead atoms. The molecule has 0 unspecified atom stereocenters. The van der Waals surface area contributed by atoms with Crippen molar-refractivity contribution in [1.82, 2.24) is 9.97 Å². The molecule has 0 saturated carbocycles. The molecular weight excluding hydrogens is 324 g/mol. The van der Waals surface area contributed by atoms with E-state index in [-0.39, 0.29) is 0 Å². The van der Waals surface area contributed by atoms with Crippen LogP contribution in [0.3, 0.4) is 0 Å². The summed E-state index contributed by atoms with van der Waals surface area (Å²) < 4.78 is 5.11. The average Bonchev–Trinajstić information content (AvgIpc) is 2.72. The second-order valence-electron chi connectivity index (χ2n) is 5.97. The number of methoxy groups -OCH3 is 1. The van der Waals surface area contributed by atoms with Gasteiger partial charge in [0, 0.05) is 44.6 Å². The lowest BCUT2D eigenvalue weighted by Crippen LogP contribution is -2.15. The lowest BCUT2D eigenvalue weighted by molar-refractivity contribution is 0.198. The fourth-order valence-corrected chi connectivity index (χ4v) is 2.63. The third-order valence-corrected chi connectivity index (χ3v) is 4.06. The van der Waals surface area contributed by atoms with E-state index in [1.807, 2.05) is 66.5 Å². The number of aromatic nitrogens is 2. The van der Waals surface area contributed by atoms with Crippen molar-refractivity contribution >= 4 is 17.5 Å². The van der Waals surface area contributed by atoms with Crippen LogP contribution in [-0.2, 0) is 4.74 Å². The zero-order chi connectivity index (χ0) is 18.2. The number of hydrogen-bond donors (Lipinski definition) is 1. The summed E-state index contributed by atoms with van der Waals surface area (Å²) in [5, 5.41) is 3.38. The first-order valence-electron chi connectivity index (χ1n) is 8.74. The van der Waals surface area contributed by atoms with Crippen LogP contribution in [0.15, 0.2) is 66.7 Å². The van der Waals surface area contributed by atoms with E-state index in [0.717, 1.165) is 42.3 Å². The Labute approximate surface area is 154 Å². The largest absolute Gasteiger partial charge is 0.385 e. The average molecular weight is 348 g/mol. The van der Waals surface area contributed by atoms with Gasteiger partial charge in [0.2, 0.25) is 5.95 Å². The van der Waals surface area contributed by atoms with Crippen LogP contribution in [0.2, 0.25) is 0 Å². The van der Waals surface area contributed by atoms with Gasteiger partial charge in [-0.1, -0.05) is 48.5 Å². The Kier molecular flexibility index (Phi) is 6.17. The molecule has 0 aliphatic rings. The number of para-hydroxylation sites is 1. The monoisotopic (exact) mass is 348 g/mol. The highest BCUT2D eigenvalue weighted by molar-refractivity contribution is 5.66. The van der Waals surface area contributed by atoms with Crippen molar-refractivity contribution in [3.05, 3.63) is 66.7 Å². The van der Waals surface area contributed by atoms with E-state index in [0.29, 0.717) is 5.95 Å². The molecule has 1 N–H and O–H groups in total. The van der Waals surface area contributed by atoms with Crippen LogP contribution in [0.25, 0.3) is 11.3 Å². The molecule has 2 aromatic carbocycles. The molecule has 3 rings (SSSR count). The van der Waals surface area contributed by atoms with Crippen LogP contribution in [-0.4, -0.2) is 37.3 Å². The van der Waals surface area contributed by atoms with Crippen LogP contribution in [0, 0.1) is 0 Å². The standard InChI is InChI=1S/C21H24N4O/c1-25(18-12-7-4-8-13-18)21-23-19(17-10-5-3-6-11-17)16-20(24-21)22-14-9-15-26-2/h3-8,10-13,16H,9,14-15H2,1-2H3,(H,22,23,24). The van der Waals surface area contributed by atoms with Gasteiger partial charge in [0.25, 0.3) is 0 Å². The van der Waals surface area contributed by atoms with Crippen molar-refractivity contribution in [2.75, 3.05) is 37.5 Å². The zero-order valence-corrected chi connectivity index (χ0v) is 15.2. The molecule has 134 valence electrons. The van der Waals surface area contributed by atoms with E-state index < -0.39 is 0 Å². The van der Waals surface area contributed by atoms with Gasteiger partial charge in [-0.25, -0.2) is 4.98 Å². The summed E-state index contributed by atoms with van der Waals surface area (Å²) in [5.74, 6) is 1.47. The van der Waals surface area contributed by atoms with Crippen LogP contribution in [0.1, 0.15) is 6.42 Å². The molecule has 3 aromatic rings. The van der Waals surface area contributed by atoms with Crippen molar-refractivity contribution in [2.24, 2.45) is 0 Å². The van der Waals surface area contributed by atoms with Crippen LogP contribution >= 0.6 is 0 Å². The van der Waals surface area contributed by atoms with Gasteiger partial charge in [-0.3, -0.25) is 0 Å². The van der Waals surface area contributed by atoms with Crippen molar-refractivity contribution in [1.29, 1.82) is 0 Å². The fraction of sp³-hybridized carbons (Fsp3) is 0.238. The molecule has 0 fully saturated rings. The Bertz CT molecular complexity index is 809. The summed E-state index contributed by atoms with van der Waals surface area (Å²) in [6.45, 7) is 1.52. The van der Waals surface area contributed by atoms with Gasteiger partial charge in [-0.15, -0.1) is 0 Å². The number of hydrogen-bond acceptors (Lipinski definition) is 5. The Morgan fingerprint density at radius 2 is 1.65 bits per heavy atom. The smallest absolute Gasteiger partial charge is 0.232 e. The van der Waals surface area contributed by atoms with Crippen molar-refractivity contribution < 1.29 is 4.74 Å². The Balaban J connectivity index is 1.92. The minimum absolute atomic E-state index is 0.659. The second-order valence-corrected chi connectivity index (χ2v) is 5.97. The zero-order valence-electron chi connectivity index (χ0n) is 15.2. The molecule has 1 aromatic heterocycles. The SMILES string of the molecule is COCCCNc1cc(-c2ccccc2)nc(N(C)c2ccccc2)n1. The van der Waals surface area contributed by atoms with E-state index in [4.69, 9.17) is 14.7 Å². The first kappa shape index (κ1) is 17.9. The Morgan fingerprint density at radius 1 is 0.962 bits per heavy atom. The van der Waals surface area contributed by atoms with E-state index in [1.54, 1.807) is 7.11 Å². The number of nitrogens with one attached hydrogen (secondary N) is 1. The van der Waals surface area contributed by atoms with E-state index in [9.17, 15) is 0 Å². The summed E-state index contributed by atoms with van der Waals surface area (Å²) in [7, 11) is 3.69. The van der Waals surface area contributed by atoms with Gasteiger partial charge >= 0.3 is 0 Å². The fourth-order valence-electron chi connectivity index (χ4n) is 2.63. The van der Waals surface area contributed by atoms with Crippen LogP contribution in [0.5, 0.6) is 0 Å². The van der Waals surface area contributed by atoms with Crippen molar-refractivity contribution in [3.8, 4) is 11.3 Å². The normalized spacial score (nSPS) is 10.5. The molecule has 0 radical (unpaired) electrons. The summed E-state index contributed by atoms with van der Waals surface area (Å²) in [4.78, 5) is 11.5. The van der Waals surface area contributed by atoms with Gasteiger partial charge in [0.1, 0.15) is 5.82 Å². The number of anilines is 3. The van der Waals surface area contributed by atoms with Gasteiger partial charge < -0.3 is 15.0 Å². The van der Waals surface area contributed by atoms with Crippen LogP contribution < -0.4 is 10.2 Å². The third-order valence-electron chi connectivity index (χ3n) is 4.06. The molecule has 1 heterocycles. The maximum absolute atomic E-state index is 5.11. The molecule has 0 spiro atoms. The Hall–Kier alpha value is -2.92. The minimum Gasteiger partial charge on any atom is -0.385 e. The highest BCUT2D eigenvalue weighted by Gasteiger charge is 2.11. The lowest BCUT2D eigenvalue weighted by Gasteiger charge is -2.19. The predicted molar refractivity (Wildman–Crippen MR) is 107 cm³/mol. The summed E-state index contributed by atoms with van der Waals surface area (Å²) in [6.07, 6.45) is 0.922. The number of rotatable bonds is 8. The molecule has 0 aliphatic carbocycles. The van der Waals surface area contributed by atoms with Gasteiger partial charge in [0.15, 0.2) is 0 Å². The molecule has 0 amide bonds. The molecule has 26 heavy (non-hydrogen) atoms. The molecule has 0 saturated heterocycles. The van der Waals surface area contributed by atoms with Crippen molar-refractivity contribution in [3.63, 3.8) is 0 Å². The molecule has 0 atom stereocenters. The third kappa shape index (κ3) is 4.58. The van der Waals surface area contributed by atoms with Gasteiger partial charge in [-0.2, -0.15) is 4.98 Å². The van der Waals surface area contributed by atoms with E-state index in [1.165, 1.54) is 0 Å². The topological polar surface area (TPSA) is 50.3 Å². The highest BCUT2D eigenvalue weighted by Crippen LogP contribution is 2.26. The Morgan fingerprint density at radius 3 is 2.35 bits per heavy atom. The minimum atomic E-state index is 0.659. The quantitative estimate of drug-likeness (QED) is 0.613. The number of ether oxygens (including phenoxy) is 1. The molecule has 5 heteroatoms. The maximum atomic E-state index is 5.11. The van der Waals surface area contributed by atoms with Crippen LogP contribution in [0.4, 0.5) is 17.5 Å². The highest BCUT2D eigenvalue weighted by atomic mass is 16.5. The second kappa shape index (κ2) is 8.97. The first-order valence-corrected chi connectivity index (χ1v) is 8.74. The van der Waals surface area contributed by atoms with E-state index in [2.05, 4.69) is 17.4 Å². The summed E-state index contributed by atoms with van der Waals surface area (Å²) >= 11 is 0. The summed E-state index contributed by atoms with van der Waals surface area (Å²) in [6, 6.07) is 22.3. The lowest BCUT2D eigenvalue weighted by atomic mass is 10.1. The van der Waals surface area contributed by atoms with Crippen molar-refractivity contribution in [2.45, 2.75) is 6.42 Å². The van der Waals surface area contributed by atoms with Gasteiger partial charge in [-0.05, 0) is 18.6 Å². The molecule has 0 aliphatic heterocycles. The molecule has 5 nitrogen and oxygen atoms in total. The number of nitrogens with zero attached hydrogens (tertiary/aromatic N) is 3. The molecular formula is C21H24N4O. The van der Waals surface area contributed by atoms with Gasteiger partial charge in [0.05, 0.1) is 5.69 Å². The predicted octanol–water partition coefficient (Wildman–Crippen LogP) is 4.36. The first-order chi connectivity index (χ1) is 12.8. The maximum Gasteiger partial charge on any atom is 0.232 e. The summed E-state index contributed by atoms with van der Waals surface area (Å²) in [5.41, 5.74) is 3.01.